The van der Waals surface area contributed by atoms with Gasteiger partial charge in [-0.3, -0.25) is 0 Å². The van der Waals surface area contributed by atoms with Crippen LogP contribution in [0.25, 0.3) is 10.1 Å². The molecule has 0 aliphatic heterocycles. The Kier molecular flexibility index (Phi) is 2.31. The molecule has 0 aliphatic rings. The monoisotopic (exact) mass is 354 g/mol. The molecule has 0 fully saturated rings. The van der Waals surface area contributed by atoms with Crippen molar-refractivity contribution in [1.82, 2.24) is 0 Å². The van der Waals surface area contributed by atoms with Crippen molar-refractivity contribution in [2.75, 3.05) is 0 Å². The highest BCUT2D eigenvalue weighted by molar-refractivity contribution is 14.1. The summed E-state index contributed by atoms with van der Waals surface area (Å²) in [5, 5.41) is 10.8. The largest absolute Gasteiger partial charge is 0.499 e. The maximum absolute atomic E-state index is 9.30. The van der Waals surface area contributed by atoms with E-state index in [0.29, 0.717) is 5.06 Å². The van der Waals surface area contributed by atoms with Gasteiger partial charge in [-0.15, -0.1) is 0 Å². The maximum atomic E-state index is 9.30. The maximum Gasteiger partial charge on any atom is 0.172 e. The zero-order chi connectivity index (χ0) is 8.72. The molecule has 1 aromatic heterocycles. The van der Waals surface area contributed by atoms with Crippen molar-refractivity contribution in [3.05, 3.63) is 26.2 Å². The van der Waals surface area contributed by atoms with Crippen molar-refractivity contribution in [2.24, 2.45) is 0 Å². The van der Waals surface area contributed by atoms with Gasteiger partial charge in [-0.1, -0.05) is 11.3 Å². The molecule has 1 nitrogen and oxygen atoms in total. The van der Waals surface area contributed by atoms with Crippen molar-refractivity contribution in [3.63, 3.8) is 0 Å². The highest BCUT2D eigenvalue weighted by Gasteiger charge is 2.06. The molecule has 0 amide bonds. The fraction of sp³-hybridized carbons (Fsp3) is 0. The smallest absolute Gasteiger partial charge is 0.172 e. The van der Waals surface area contributed by atoms with Crippen LogP contribution in [-0.4, -0.2) is 5.11 Å². The number of fused-ring (bicyclic) bond motifs is 1. The van der Waals surface area contributed by atoms with Crippen LogP contribution in [0.1, 0.15) is 0 Å². The van der Waals surface area contributed by atoms with Gasteiger partial charge in [0.2, 0.25) is 0 Å². The Hall–Kier alpha value is 0.190. The van der Waals surface area contributed by atoms with Gasteiger partial charge in [0, 0.05) is 19.5 Å². The molecule has 0 saturated carbocycles. The van der Waals surface area contributed by atoms with Crippen molar-refractivity contribution in [3.8, 4) is 5.06 Å². The molecule has 62 valence electrons. The molecule has 0 spiro atoms. The molecule has 2 rings (SSSR count). The second-order valence-corrected chi connectivity index (χ2v) is 5.40. The van der Waals surface area contributed by atoms with E-state index < -0.39 is 0 Å². The van der Waals surface area contributed by atoms with Crippen LogP contribution in [-0.2, 0) is 0 Å². The summed E-state index contributed by atoms with van der Waals surface area (Å²) < 4.78 is 3.32. The van der Waals surface area contributed by atoms with Crippen LogP contribution in [0.15, 0.2) is 22.7 Å². The standard InChI is InChI=1S/C8H4BrIOS/c9-5-1-2-6(10)4-3-7(11)12-8(4)5/h1-3,11H. The Morgan fingerprint density at radius 3 is 2.83 bits per heavy atom. The Labute approximate surface area is 95.7 Å². The van der Waals surface area contributed by atoms with Gasteiger partial charge in [-0.2, -0.15) is 0 Å². The van der Waals surface area contributed by atoms with Crippen LogP contribution in [0, 0.1) is 3.57 Å². The molecular formula is C8H4BrIOS. The molecule has 0 bridgehead atoms. The molecule has 0 atom stereocenters. The van der Waals surface area contributed by atoms with Gasteiger partial charge >= 0.3 is 0 Å². The summed E-state index contributed by atoms with van der Waals surface area (Å²) in [6, 6.07) is 5.83. The molecule has 4 heteroatoms. The summed E-state index contributed by atoms with van der Waals surface area (Å²) in [4.78, 5) is 0. The molecule has 2 aromatic rings. The second kappa shape index (κ2) is 3.16. The van der Waals surface area contributed by atoms with E-state index in [1.165, 1.54) is 14.9 Å². The van der Waals surface area contributed by atoms with Gasteiger partial charge in [0.05, 0.1) is 4.70 Å². The van der Waals surface area contributed by atoms with Gasteiger partial charge in [0.1, 0.15) is 0 Å². The zero-order valence-corrected chi connectivity index (χ0v) is 10.4. The predicted octanol–water partition coefficient (Wildman–Crippen LogP) is 3.97. The highest BCUT2D eigenvalue weighted by atomic mass is 127. The Morgan fingerprint density at radius 1 is 1.42 bits per heavy atom. The van der Waals surface area contributed by atoms with E-state index in [1.807, 2.05) is 12.1 Å². The molecule has 0 unspecified atom stereocenters. The number of aromatic hydroxyl groups is 1. The lowest BCUT2D eigenvalue weighted by atomic mass is 10.3. The van der Waals surface area contributed by atoms with E-state index in [4.69, 9.17) is 0 Å². The van der Waals surface area contributed by atoms with Gasteiger partial charge < -0.3 is 5.11 Å². The fourth-order valence-corrected chi connectivity index (χ4v) is 3.25. The summed E-state index contributed by atoms with van der Waals surface area (Å²) >= 11 is 7.10. The lowest BCUT2D eigenvalue weighted by Gasteiger charge is -1.94. The van der Waals surface area contributed by atoms with Crippen LogP contribution in [0.3, 0.4) is 0 Å². The van der Waals surface area contributed by atoms with Crippen molar-refractivity contribution >= 4 is 59.9 Å². The fourth-order valence-electron chi connectivity index (χ4n) is 1.04. The molecule has 1 heterocycles. The summed E-state index contributed by atoms with van der Waals surface area (Å²) in [7, 11) is 0. The third-order valence-corrected chi connectivity index (χ3v) is 4.40. The van der Waals surface area contributed by atoms with Crippen molar-refractivity contribution < 1.29 is 5.11 Å². The number of thiophene rings is 1. The van der Waals surface area contributed by atoms with E-state index in [2.05, 4.69) is 38.5 Å². The molecule has 0 saturated heterocycles. The third kappa shape index (κ3) is 1.36. The predicted molar refractivity (Wildman–Crippen MR) is 63.9 cm³/mol. The van der Waals surface area contributed by atoms with Crippen molar-refractivity contribution in [2.45, 2.75) is 0 Å². The summed E-state index contributed by atoms with van der Waals surface area (Å²) in [5.41, 5.74) is 0. The quantitative estimate of drug-likeness (QED) is 0.709. The molecule has 1 aromatic carbocycles. The summed E-state index contributed by atoms with van der Waals surface area (Å²) in [6.45, 7) is 0. The van der Waals surface area contributed by atoms with Gasteiger partial charge in [-0.05, 0) is 50.7 Å². The first-order chi connectivity index (χ1) is 5.68. The minimum atomic E-state index is 0.370. The first-order valence-corrected chi connectivity index (χ1v) is 5.94. The number of halogens is 2. The lowest BCUT2D eigenvalue weighted by Crippen LogP contribution is -1.71. The van der Waals surface area contributed by atoms with Crippen LogP contribution in [0.4, 0.5) is 0 Å². The van der Waals surface area contributed by atoms with E-state index in [-0.39, 0.29) is 0 Å². The Morgan fingerprint density at radius 2 is 2.17 bits per heavy atom. The highest BCUT2D eigenvalue weighted by Crippen LogP contribution is 2.37. The normalized spacial score (nSPS) is 10.8. The van der Waals surface area contributed by atoms with Gasteiger partial charge in [0.25, 0.3) is 0 Å². The lowest BCUT2D eigenvalue weighted by molar-refractivity contribution is 0.491. The van der Waals surface area contributed by atoms with Crippen LogP contribution in [0.5, 0.6) is 5.06 Å². The van der Waals surface area contributed by atoms with E-state index in [1.54, 1.807) is 6.07 Å². The van der Waals surface area contributed by atoms with Crippen LogP contribution < -0.4 is 0 Å². The number of rotatable bonds is 0. The minimum absolute atomic E-state index is 0.370. The first kappa shape index (κ1) is 8.77. The topological polar surface area (TPSA) is 20.2 Å². The number of benzene rings is 1. The molecule has 0 aliphatic carbocycles. The van der Waals surface area contributed by atoms with Crippen molar-refractivity contribution in [1.29, 1.82) is 0 Å². The average Bonchev–Trinajstić information content (AvgIpc) is 2.41. The average molecular weight is 355 g/mol. The van der Waals surface area contributed by atoms with E-state index in [9.17, 15) is 5.11 Å². The Bertz CT molecular complexity index is 399. The van der Waals surface area contributed by atoms with Gasteiger partial charge in [-0.25, -0.2) is 0 Å². The van der Waals surface area contributed by atoms with E-state index in [0.717, 1.165) is 14.6 Å². The van der Waals surface area contributed by atoms with E-state index >= 15 is 0 Å². The van der Waals surface area contributed by atoms with Gasteiger partial charge in [0.15, 0.2) is 5.06 Å². The first-order valence-electron chi connectivity index (χ1n) is 3.25. The Balaban J connectivity index is 2.93. The summed E-state index contributed by atoms with van der Waals surface area (Å²) in [6.07, 6.45) is 0. The van der Waals surface area contributed by atoms with Crippen LogP contribution >= 0.6 is 49.9 Å². The third-order valence-electron chi connectivity index (χ3n) is 1.57. The number of hydrogen-bond acceptors (Lipinski definition) is 2. The molecular weight excluding hydrogens is 351 g/mol. The molecule has 0 radical (unpaired) electrons. The molecule has 1 N–H and O–H groups in total. The minimum Gasteiger partial charge on any atom is -0.499 e. The summed E-state index contributed by atoms with van der Waals surface area (Å²) in [5.74, 6) is 0. The molecule has 12 heavy (non-hydrogen) atoms. The van der Waals surface area contributed by atoms with Crippen LogP contribution in [0.2, 0.25) is 0 Å². The zero-order valence-electron chi connectivity index (χ0n) is 5.84. The number of hydrogen-bond donors (Lipinski definition) is 1. The second-order valence-electron chi connectivity index (χ2n) is 2.36. The SMILES string of the molecule is Oc1cc2c(I)ccc(Br)c2s1.